The van der Waals surface area contributed by atoms with Crippen LogP contribution in [0, 0.1) is 18.3 Å². The monoisotopic (exact) mass is 459 g/mol. The Morgan fingerprint density at radius 3 is 2.62 bits per heavy atom. The van der Waals surface area contributed by atoms with Gasteiger partial charge in [0, 0.05) is 36.5 Å². The molecule has 0 fully saturated rings. The minimum Gasteiger partial charge on any atom is -0.490 e. The molecule has 172 valence electrons. The van der Waals surface area contributed by atoms with Crippen LogP contribution in [0.3, 0.4) is 0 Å². The van der Waals surface area contributed by atoms with Gasteiger partial charge in [-0.2, -0.15) is 5.26 Å². The van der Waals surface area contributed by atoms with E-state index in [-0.39, 0.29) is 0 Å². The zero-order valence-electron chi connectivity index (χ0n) is 18.5. The molecule has 0 aliphatic rings. The second-order valence-corrected chi connectivity index (χ2v) is 7.16. The first-order valence-corrected chi connectivity index (χ1v) is 10.3. The number of rotatable bonds is 8. The molecule has 0 spiro atoms. The van der Waals surface area contributed by atoms with Crippen LogP contribution in [0.5, 0.6) is 17.2 Å². The molecule has 10 nitrogen and oxygen atoms in total. The third kappa shape index (κ3) is 5.40. The largest absolute Gasteiger partial charge is 0.490 e. The minimum absolute atomic E-state index is 0.323. The molecule has 0 aliphatic carbocycles. The number of aryl methyl sites for hydroxylation is 1. The van der Waals surface area contributed by atoms with Crippen LogP contribution in [-0.4, -0.2) is 36.5 Å². The van der Waals surface area contributed by atoms with E-state index < -0.39 is 6.03 Å². The molecule has 0 unspecified atom stereocenters. The number of nitrogens with zero attached hydrogens (tertiary/aromatic N) is 3. The topological polar surface area (TPSA) is 132 Å². The molecule has 34 heavy (non-hydrogen) atoms. The van der Waals surface area contributed by atoms with Crippen LogP contribution in [0.1, 0.15) is 11.3 Å². The number of carbonyl (C=O) groups is 1. The second kappa shape index (κ2) is 10.3. The summed E-state index contributed by atoms with van der Waals surface area (Å²) in [7, 11) is 1.58. The number of methoxy groups -OCH3 is 1. The van der Waals surface area contributed by atoms with Gasteiger partial charge in [0.25, 0.3) is 0 Å². The molecule has 2 amide bonds. The fourth-order valence-corrected chi connectivity index (χ4v) is 3.12. The SMILES string of the molecule is COCCOc1cc2nccc(Oc3ccc(NC(=O)Nc4cc(C)on4)cc3)c2cc1C#N. The minimum atomic E-state index is -0.449. The number of anilines is 2. The summed E-state index contributed by atoms with van der Waals surface area (Å²) >= 11 is 0. The van der Waals surface area contributed by atoms with E-state index in [4.69, 9.17) is 18.7 Å². The van der Waals surface area contributed by atoms with Gasteiger partial charge in [-0.1, -0.05) is 5.16 Å². The van der Waals surface area contributed by atoms with E-state index in [0.717, 1.165) is 0 Å². The van der Waals surface area contributed by atoms with E-state index in [9.17, 15) is 10.1 Å². The van der Waals surface area contributed by atoms with Crippen LogP contribution in [-0.2, 0) is 4.74 Å². The van der Waals surface area contributed by atoms with E-state index in [2.05, 4.69) is 26.8 Å². The molecule has 0 saturated heterocycles. The molecule has 0 saturated carbocycles. The van der Waals surface area contributed by atoms with Gasteiger partial charge in [-0.05, 0) is 43.3 Å². The predicted molar refractivity (Wildman–Crippen MR) is 124 cm³/mol. The number of amides is 2. The Bertz CT molecular complexity index is 1340. The highest BCUT2D eigenvalue weighted by molar-refractivity contribution is 5.99. The molecular weight excluding hydrogens is 438 g/mol. The Morgan fingerprint density at radius 1 is 1.09 bits per heavy atom. The summed E-state index contributed by atoms with van der Waals surface area (Å²) in [5.41, 5.74) is 1.56. The lowest BCUT2D eigenvalue weighted by molar-refractivity contribution is 0.146. The Hall–Kier alpha value is -4.62. The molecule has 4 aromatic rings. The molecule has 2 aromatic carbocycles. The maximum Gasteiger partial charge on any atom is 0.324 e. The fourth-order valence-electron chi connectivity index (χ4n) is 3.12. The van der Waals surface area contributed by atoms with Crippen molar-refractivity contribution in [2.45, 2.75) is 6.92 Å². The second-order valence-electron chi connectivity index (χ2n) is 7.16. The number of aromatic nitrogens is 2. The van der Waals surface area contributed by atoms with Crippen LogP contribution in [0.25, 0.3) is 10.9 Å². The Kier molecular flexibility index (Phi) is 6.86. The van der Waals surface area contributed by atoms with Crippen molar-refractivity contribution >= 4 is 28.4 Å². The molecule has 0 aliphatic heterocycles. The van der Waals surface area contributed by atoms with Gasteiger partial charge in [0.2, 0.25) is 0 Å². The number of nitriles is 1. The summed E-state index contributed by atoms with van der Waals surface area (Å²) in [6, 6.07) is 15.3. The van der Waals surface area contributed by atoms with Gasteiger partial charge in [0.1, 0.15) is 35.7 Å². The van der Waals surface area contributed by atoms with E-state index in [0.29, 0.717) is 64.2 Å². The lowest BCUT2D eigenvalue weighted by Crippen LogP contribution is -2.19. The van der Waals surface area contributed by atoms with Crippen molar-refractivity contribution in [3.8, 4) is 23.3 Å². The fraction of sp³-hybridized carbons (Fsp3) is 0.167. The number of hydrogen-bond acceptors (Lipinski definition) is 8. The number of nitrogens with one attached hydrogen (secondary N) is 2. The third-order valence-electron chi connectivity index (χ3n) is 4.68. The summed E-state index contributed by atoms with van der Waals surface area (Å²) in [6.07, 6.45) is 1.62. The van der Waals surface area contributed by atoms with E-state index in [1.807, 2.05) is 0 Å². The average Bonchev–Trinajstić information content (AvgIpc) is 3.24. The Morgan fingerprint density at radius 2 is 1.91 bits per heavy atom. The van der Waals surface area contributed by atoms with Gasteiger partial charge >= 0.3 is 6.03 Å². The smallest absolute Gasteiger partial charge is 0.324 e. The van der Waals surface area contributed by atoms with Gasteiger partial charge < -0.3 is 24.1 Å². The van der Waals surface area contributed by atoms with Gasteiger partial charge in [0.05, 0.1) is 17.7 Å². The van der Waals surface area contributed by atoms with Crippen molar-refractivity contribution in [1.29, 1.82) is 5.26 Å². The molecule has 0 atom stereocenters. The highest BCUT2D eigenvalue weighted by Crippen LogP contribution is 2.33. The summed E-state index contributed by atoms with van der Waals surface area (Å²) in [4.78, 5) is 16.5. The predicted octanol–water partition coefficient (Wildman–Crippen LogP) is 4.86. The molecule has 0 bridgehead atoms. The van der Waals surface area contributed by atoms with Crippen molar-refractivity contribution in [3.63, 3.8) is 0 Å². The number of fused-ring (bicyclic) bond motifs is 1. The maximum atomic E-state index is 12.1. The normalized spacial score (nSPS) is 10.5. The van der Waals surface area contributed by atoms with Gasteiger partial charge in [-0.3, -0.25) is 10.3 Å². The molecule has 10 heteroatoms. The maximum absolute atomic E-state index is 12.1. The first-order chi connectivity index (χ1) is 16.6. The number of carbonyl (C=O) groups excluding carboxylic acids is 1. The quantitative estimate of drug-likeness (QED) is 0.357. The molecule has 2 N–H and O–H groups in total. The number of ether oxygens (including phenoxy) is 3. The zero-order valence-corrected chi connectivity index (χ0v) is 18.5. The lowest BCUT2D eigenvalue weighted by Gasteiger charge is -2.12. The van der Waals surface area contributed by atoms with Crippen molar-refractivity contribution in [1.82, 2.24) is 10.1 Å². The van der Waals surface area contributed by atoms with Crippen LogP contribution >= 0.6 is 0 Å². The highest BCUT2D eigenvalue weighted by Gasteiger charge is 2.12. The Labute approximate surface area is 195 Å². The molecule has 2 heterocycles. The molecular formula is C24H21N5O5. The number of hydrogen-bond donors (Lipinski definition) is 2. The van der Waals surface area contributed by atoms with E-state index in [1.165, 1.54) is 0 Å². The summed E-state index contributed by atoms with van der Waals surface area (Å²) in [6.45, 7) is 2.47. The summed E-state index contributed by atoms with van der Waals surface area (Å²) in [5, 5.41) is 19.2. The lowest BCUT2D eigenvalue weighted by atomic mass is 10.1. The van der Waals surface area contributed by atoms with Crippen LogP contribution in [0.15, 0.2) is 59.3 Å². The first kappa shape index (κ1) is 22.6. The molecule has 4 rings (SSSR count). The van der Waals surface area contributed by atoms with Crippen LogP contribution in [0.2, 0.25) is 0 Å². The number of pyridine rings is 1. The van der Waals surface area contributed by atoms with Crippen molar-refractivity contribution in [2.24, 2.45) is 0 Å². The standard InChI is InChI=1S/C24H21N5O5/c1-15-11-23(29-34-15)28-24(30)27-17-3-5-18(6-4-17)33-21-7-8-26-20-13-22(32-10-9-31-2)16(14-25)12-19(20)21/h3-8,11-13H,9-10H2,1-2H3,(H2,27,28,29,30). The molecule has 2 aromatic heterocycles. The van der Waals surface area contributed by atoms with E-state index >= 15 is 0 Å². The van der Waals surface area contributed by atoms with Crippen molar-refractivity contribution in [3.05, 3.63) is 66.1 Å². The van der Waals surface area contributed by atoms with Crippen molar-refractivity contribution < 1.29 is 23.5 Å². The Balaban J connectivity index is 1.47. The molecule has 0 radical (unpaired) electrons. The van der Waals surface area contributed by atoms with E-state index in [1.54, 1.807) is 68.8 Å². The average molecular weight is 459 g/mol. The summed E-state index contributed by atoms with van der Waals surface area (Å²) in [5.74, 6) is 2.43. The van der Waals surface area contributed by atoms with Gasteiger partial charge in [0.15, 0.2) is 5.82 Å². The highest BCUT2D eigenvalue weighted by atomic mass is 16.5. The van der Waals surface area contributed by atoms with Crippen LogP contribution < -0.4 is 20.1 Å². The van der Waals surface area contributed by atoms with Crippen molar-refractivity contribution in [2.75, 3.05) is 31.0 Å². The first-order valence-electron chi connectivity index (χ1n) is 10.3. The third-order valence-corrected chi connectivity index (χ3v) is 4.68. The zero-order chi connectivity index (χ0) is 23.9. The number of urea groups is 1. The van der Waals surface area contributed by atoms with Crippen LogP contribution in [0.4, 0.5) is 16.3 Å². The van der Waals surface area contributed by atoms with Gasteiger partial charge in [-0.15, -0.1) is 0 Å². The summed E-state index contributed by atoms with van der Waals surface area (Å²) < 4.78 is 21.6. The number of benzene rings is 2. The van der Waals surface area contributed by atoms with Gasteiger partial charge in [-0.25, -0.2) is 4.79 Å².